The summed E-state index contributed by atoms with van der Waals surface area (Å²) in [6.07, 6.45) is 9.04. The highest BCUT2D eigenvalue weighted by Gasteiger charge is 2.38. The van der Waals surface area contributed by atoms with Gasteiger partial charge in [0, 0.05) is 33.7 Å². The monoisotopic (exact) mass is 652 g/mol. The van der Waals surface area contributed by atoms with E-state index in [1.165, 1.54) is 27.7 Å². The van der Waals surface area contributed by atoms with Gasteiger partial charge < -0.3 is 4.90 Å². The minimum absolute atomic E-state index is 0.218. The first-order valence-electron chi connectivity index (χ1n) is 17.5. The third-order valence-electron chi connectivity index (χ3n) is 10.2. The van der Waals surface area contributed by atoms with Crippen LogP contribution in [0, 0.1) is 0 Å². The van der Waals surface area contributed by atoms with E-state index in [0.717, 1.165) is 38.6 Å². The van der Waals surface area contributed by atoms with Gasteiger partial charge in [-0.15, -0.1) is 0 Å². The molecule has 2 heterocycles. The van der Waals surface area contributed by atoms with E-state index in [4.69, 9.17) is 15.0 Å². The molecule has 0 saturated heterocycles. The average molecular weight is 653 g/mol. The zero-order chi connectivity index (χ0) is 33.7. The Morgan fingerprint density at radius 2 is 1.00 bits per heavy atom. The molecule has 2 unspecified atom stereocenters. The normalized spacial score (nSPS) is 16.0. The second-order valence-electron chi connectivity index (χ2n) is 13.2. The number of rotatable bonds is 5. The maximum absolute atomic E-state index is 5.17. The first-order valence-corrected chi connectivity index (χ1v) is 17.5. The van der Waals surface area contributed by atoms with Gasteiger partial charge in [0.15, 0.2) is 17.5 Å². The fraction of sp³-hybridized carbons (Fsp3) is 0.0426. The first kappa shape index (κ1) is 29.3. The Morgan fingerprint density at radius 3 is 1.71 bits per heavy atom. The van der Waals surface area contributed by atoms with E-state index in [2.05, 4.69) is 151 Å². The summed E-state index contributed by atoms with van der Waals surface area (Å²) in [5, 5.41) is 4.78. The van der Waals surface area contributed by atoms with E-state index >= 15 is 0 Å². The number of nitrogens with zero attached hydrogens (tertiary/aromatic N) is 4. The van der Waals surface area contributed by atoms with Crippen LogP contribution in [0.2, 0.25) is 0 Å². The Kier molecular flexibility index (Phi) is 6.91. The molecule has 1 aliphatic heterocycles. The van der Waals surface area contributed by atoms with Gasteiger partial charge in [0.05, 0.1) is 11.7 Å². The highest BCUT2D eigenvalue weighted by molar-refractivity contribution is 6.04. The van der Waals surface area contributed by atoms with Crippen LogP contribution in [0.15, 0.2) is 182 Å². The van der Waals surface area contributed by atoms with Crippen molar-refractivity contribution in [1.82, 2.24) is 15.0 Å². The van der Waals surface area contributed by atoms with Gasteiger partial charge in [0.1, 0.15) is 0 Å². The molecule has 1 aromatic heterocycles. The maximum Gasteiger partial charge on any atom is 0.165 e. The van der Waals surface area contributed by atoms with Gasteiger partial charge in [-0.1, -0.05) is 170 Å². The summed E-state index contributed by atoms with van der Waals surface area (Å²) >= 11 is 0. The van der Waals surface area contributed by atoms with E-state index < -0.39 is 0 Å². The Morgan fingerprint density at radius 1 is 0.431 bits per heavy atom. The van der Waals surface area contributed by atoms with Crippen LogP contribution in [0.25, 0.3) is 66.8 Å². The lowest BCUT2D eigenvalue weighted by molar-refractivity contribution is 0.745. The molecule has 7 aromatic carbocycles. The van der Waals surface area contributed by atoms with Crippen LogP contribution in [0.5, 0.6) is 0 Å². The SMILES string of the molecule is C1=CC2c3ccc4ccccc4c3N(c3ccc(-c4ccc5ccccc5c4-c4nc(-c5ccccc5)nc(-c5ccccc5)n4)cc3)C2C=C1. The molecular weight excluding hydrogens is 621 g/mol. The van der Waals surface area contributed by atoms with Crippen LogP contribution in [0.1, 0.15) is 11.5 Å². The Balaban J connectivity index is 1.14. The molecule has 0 spiro atoms. The van der Waals surface area contributed by atoms with Crippen molar-refractivity contribution in [1.29, 1.82) is 0 Å². The van der Waals surface area contributed by atoms with E-state index in [-0.39, 0.29) is 6.04 Å². The summed E-state index contributed by atoms with van der Waals surface area (Å²) in [4.78, 5) is 17.8. The lowest BCUT2D eigenvalue weighted by atomic mass is 9.90. The first-order chi connectivity index (χ1) is 25.3. The molecule has 0 saturated carbocycles. The minimum Gasteiger partial charge on any atom is -0.333 e. The van der Waals surface area contributed by atoms with Crippen LogP contribution in [-0.2, 0) is 0 Å². The van der Waals surface area contributed by atoms with E-state index in [9.17, 15) is 0 Å². The number of anilines is 2. The van der Waals surface area contributed by atoms with Crippen molar-refractivity contribution in [2.45, 2.75) is 12.0 Å². The number of allylic oxidation sites excluding steroid dienone is 2. The van der Waals surface area contributed by atoms with Crippen molar-refractivity contribution < 1.29 is 0 Å². The third kappa shape index (κ3) is 4.95. The average Bonchev–Trinajstić information content (AvgIpc) is 3.56. The standard InChI is InChI=1S/C47H32N4/c1-3-15-34(16-4-1)45-48-46(35-17-5-2-6-18-35)50-47(49-45)43-37-19-9-7-13-31(37)25-29-38(43)33-23-27-36(28-24-33)51-42-22-12-11-21-40(42)41-30-26-32-14-8-10-20-39(32)44(41)51/h1-30,40,42H. The quantitative estimate of drug-likeness (QED) is 0.186. The van der Waals surface area contributed by atoms with Crippen molar-refractivity contribution >= 4 is 32.9 Å². The summed E-state index contributed by atoms with van der Waals surface area (Å²) < 4.78 is 0. The van der Waals surface area contributed by atoms with Crippen molar-refractivity contribution in [2.24, 2.45) is 0 Å². The predicted octanol–water partition coefficient (Wildman–Crippen LogP) is 11.6. The van der Waals surface area contributed by atoms with Crippen molar-refractivity contribution in [3.8, 4) is 45.3 Å². The van der Waals surface area contributed by atoms with Gasteiger partial charge in [-0.2, -0.15) is 0 Å². The predicted molar refractivity (Wildman–Crippen MR) is 210 cm³/mol. The summed E-state index contributed by atoms with van der Waals surface area (Å²) in [6, 6.07) is 55.8. The van der Waals surface area contributed by atoms with E-state index in [1.807, 2.05) is 36.4 Å². The van der Waals surface area contributed by atoms with Crippen molar-refractivity contribution in [3.05, 3.63) is 188 Å². The lowest BCUT2D eigenvalue weighted by Gasteiger charge is -2.29. The molecule has 2 atom stereocenters. The smallest absolute Gasteiger partial charge is 0.165 e. The molecule has 1 aliphatic carbocycles. The van der Waals surface area contributed by atoms with Gasteiger partial charge in [0.25, 0.3) is 0 Å². The van der Waals surface area contributed by atoms with Gasteiger partial charge in [0.2, 0.25) is 0 Å². The Bertz CT molecular complexity index is 2590. The maximum atomic E-state index is 5.17. The molecule has 0 radical (unpaired) electrons. The largest absolute Gasteiger partial charge is 0.333 e. The molecule has 4 nitrogen and oxygen atoms in total. The van der Waals surface area contributed by atoms with Crippen LogP contribution >= 0.6 is 0 Å². The molecule has 51 heavy (non-hydrogen) atoms. The fourth-order valence-corrected chi connectivity index (χ4v) is 7.86. The molecule has 240 valence electrons. The highest BCUT2D eigenvalue weighted by Crippen LogP contribution is 2.51. The second-order valence-corrected chi connectivity index (χ2v) is 13.2. The number of fused-ring (bicyclic) bond motifs is 6. The van der Waals surface area contributed by atoms with Crippen molar-refractivity contribution in [2.75, 3.05) is 4.90 Å². The van der Waals surface area contributed by atoms with Crippen LogP contribution < -0.4 is 4.90 Å². The second kappa shape index (κ2) is 12.0. The zero-order valence-electron chi connectivity index (χ0n) is 27.8. The molecule has 4 heteroatoms. The summed E-state index contributed by atoms with van der Waals surface area (Å²) in [7, 11) is 0. The van der Waals surface area contributed by atoms with Crippen LogP contribution in [-0.4, -0.2) is 21.0 Å². The van der Waals surface area contributed by atoms with Gasteiger partial charge in [-0.3, -0.25) is 0 Å². The van der Waals surface area contributed by atoms with Crippen molar-refractivity contribution in [3.63, 3.8) is 0 Å². The number of benzene rings is 7. The fourth-order valence-electron chi connectivity index (χ4n) is 7.86. The van der Waals surface area contributed by atoms with Gasteiger partial charge in [-0.25, -0.2) is 15.0 Å². The van der Waals surface area contributed by atoms with Crippen LogP contribution in [0.4, 0.5) is 11.4 Å². The molecular formula is C47H32N4. The van der Waals surface area contributed by atoms with Crippen LogP contribution in [0.3, 0.4) is 0 Å². The summed E-state index contributed by atoms with van der Waals surface area (Å²) in [5.41, 5.74) is 8.93. The number of hydrogen-bond acceptors (Lipinski definition) is 4. The Labute approximate surface area is 296 Å². The lowest BCUT2D eigenvalue weighted by Crippen LogP contribution is -2.28. The molecule has 10 rings (SSSR count). The molecule has 0 bridgehead atoms. The third-order valence-corrected chi connectivity index (χ3v) is 10.2. The topological polar surface area (TPSA) is 41.9 Å². The Hall–Kier alpha value is -6.65. The number of aromatic nitrogens is 3. The van der Waals surface area contributed by atoms with E-state index in [0.29, 0.717) is 23.4 Å². The molecule has 0 amide bonds. The minimum atomic E-state index is 0.218. The van der Waals surface area contributed by atoms with E-state index in [1.54, 1.807) is 0 Å². The summed E-state index contributed by atoms with van der Waals surface area (Å²) in [5.74, 6) is 2.26. The summed E-state index contributed by atoms with van der Waals surface area (Å²) in [6.45, 7) is 0. The highest BCUT2D eigenvalue weighted by atomic mass is 15.2. The molecule has 8 aromatic rings. The van der Waals surface area contributed by atoms with Gasteiger partial charge in [-0.05, 0) is 45.0 Å². The molecule has 0 N–H and O–H groups in total. The zero-order valence-corrected chi connectivity index (χ0v) is 27.8. The molecule has 2 aliphatic rings. The molecule has 0 fully saturated rings. The number of hydrogen-bond donors (Lipinski definition) is 0. The van der Waals surface area contributed by atoms with Gasteiger partial charge >= 0.3 is 0 Å².